The Bertz CT molecular complexity index is 478. The molecule has 2 nitrogen and oxygen atoms in total. The van der Waals surface area contributed by atoms with Gasteiger partial charge >= 0.3 is 7.12 Å². The van der Waals surface area contributed by atoms with Crippen LogP contribution < -0.4 is 5.46 Å². The minimum atomic E-state index is -0.256. The fraction of sp³-hybridized carbons (Fsp3) is 0.625. The van der Waals surface area contributed by atoms with E-state index in [9.17, 15) is 0 Å². The number of fused-ring (bicyclic) bond motifs is 1. The van der Waals surface area contributed by atoms with Crippen molar-refractivity contribution in [2.45, 2.75) is 64.6 Å². The Morgan fingerprint density at radius 2 is 1.47 bits per heavy atom. The Balaban J connectivity index is 1.88. The third-order valence-corrected chi connectivity index (χ3v) is 4.90. The summed E-state index contributed by atoms with van der Waals surface area (Å²) in [7, 11) is -0.225. The zero-order chi connectivity index (χ0) is 13.7. The highest BCUT2D eigenvalue weighted by atomic mass is 16.7. The van der Waals surface area contributed by atoms with Crippen LogP contribution in [-0.4, -0.2) is 18.3 Å². The predicted octanol–water partition coefficient (Wildman–Crippen LogP) is 2.86. The number of rotatable bonds is 1. The van der Waals surface area contributed by atoms with E-state index in [-0.39, 0.29) is 18.3 Å². The minimum absolute atomic E-state index is 0.225. The first kappa shape index (κ1) is 13.2. The van der Waals surface area contributed by atoms with E-state index in [4.69, 9.17) is 9.31 Å². The van der Waals surface area contributed by atoms with Crippen LogP contribution in [0.3, 0.4) is 0 Å². The molecule has 1 aromatic rings. The SMILES string of the molecule is CC1(C)OB(c2ccc3c(c2)CCCC3)OC1(C)C. The summed E-state index contributed by atoms with van der Waals surface area (Å²) in [6, 6.07) is 6.72. The maximum Gasteiger partial charge on any atom is 0.494 e. The van der Waals surface area contributed by atoms with Crippen molar-refractivity contribution in [3.8, 4) is 0 Å². The van der Waals surface area contributed by atoms with Gasteiger partial charge in [0.05, 0.1) is 11.2 Å². The van der Waals surface area contributed by atoms with Gasteiger partial charge in [0.1, 0.15) is 0 Å². The first-order chi connectivity index (χ1) is 8.89. The van der Waals surface area contributed by atoms with Crippen LogP contribution in [0.2, 0.25) is 0 Å². The number of hydrogen-bond donors (Lipinski definition) is 0. The van der Waals surface area contributed by atoms with Crippen LogP contribution in [0, 0.1) is 0 Å². The summed E-state index contributed by atoms with van der Waals surface area (Å²) in [6.07, 6.45) is 5.05. The summed E-state index contributed by atoms with van der Waals surface area (Å²) in [6.45, 7) is 8.41. The van der Waals surface area contributed by atoms with Gasteiger partial charge in [0.2, 0.25) is 0 Å². The molecular formula is C16H23BO2. The number of hydrogen-bond acceptors (Lipinski definition) is 2. The zero-order valence-corrected chi connectivity index (χ0v) is 12.5. The van der Waals surface area contributed by atoms with E-state index in [1.54, 1.807) is 0 Å². The highest BCUT2D eigenvalue weighted by molar-refractivity contribution is 6.62. The monoisotopic (exact) mass is 258 g/mol. The van der Waals surface area contributed by atoms with Gasteiger partial charge in [-0.15, -0.1) is 0 Å². The highest BCUT2D eigenvalue weighted by Crippen LogP contribution is 2.36. The van der Waals surface area contributed by atoms with Crippen LogP contribution in [-0.2, 0) is 22.2 Å². The Kier molecular flexibility index (Phi) is 3.03. The lowest BCUT2D eigenvalue weighted by atomic mass is 9.76. The molecule has 0 saturated carbocycles. The maximum absolute atomic E-state index is 6.12. The Labute approximate surface area is 116 Å². The molecule has 0 amide bonds. The van der Waals surface area contributed by atoms with Crippen molar-refractivity contribution in [2.24, 2.45) is 0 Å². The van der Waals surface area contributed by atoms with Crippen LogP contribution in [0.1, 0.15) is 51.7 Å². The molecule has 1 aliphatic heterocycles. The summed E-state index contributed by atoms with van der Waals surface area (Å²) >= 11 is 0. The van der Waals surface area contributed by atoms with Gasteiger partial charge in [0, 0.05) is 0 Å². The normalized spacial score (nSPS) is 24.3. The van der Waals surface area contributed by atoms with Gasteiger partial charge in [-0.1, -0.05) is 18.2 Å². The molecule has 0 atom stereocenters. The third kappa shape index (κ3) is 2.23. The van der Waals surface area contributed by atoms with Gasteiger partial charge in [0.25, 0.3) is 0 Å². The molecule has 3 heteroatoms. The van der Waals surface area contributed by atoms with Crippen molar-refractivity contribution in [1.82, 2.24) is 0 Å². The molecule has 3 rings (SSSR count). The molecule has 0 bridgehead atoms. The lowest BCUT2D eigenvalue weighted by Crippen LogP contribution is -2.41. The molecule has 0 radical (unpaired) electrons. The van der Waals surface area contributed by atoms with Gasteiger partial charge in [-0.25, -0.2) is 0 Å². The largest absolute Gasteiger partial charge is 0.494 e. The number of aryl methyl sites for hydroxylation is 2. The second-order valence-corrected chi connectivity index (χ2v) is 6.82. The molecule has 19 heavy (non-hydrogen) atoms. The van der Waals surface area contributed by atoms with E-state index >= 15 is 0 Å². The first-order valence-corrected chi connectivity index (χ1v) is 7.36. The average molecular weight is 258 g/mol. The first-order valence-electron chi connectivity index (χ1n) is 7.36. The van der Waals surface area contributed by atoms with Crippen LogP contribution in [0.5, 0.6) is 0 Å². The van der Waals surface area contributed by atoms with Crippen LogP contribution in [0.15, 0.2) is 18.2 Å². The Hall–Kier alpha value is -0.795. The maximum atomic E-state index is 6.12. The lowest BCUT2D eigenvalue weighted by molar-refractivity contribution is 0.00578. The standard InChI is InChI=1S/C16H23BO2/c1-15(2)16(3,4)19-17(18-15)14-10-9-12-7-5-6-8-13(12)11-14/h9-11H,5-8H2,1-4H3. The number of benzene rings is 1. The molecule has 0 unspecified atom stereocenters. The second-order valence-electron chi connectivity index (χ2n) is 6.82. The highest BCUT2D eigenvalue weighted by Gasteiger charge is 2.51. The molecule has 0 spiro atoms. The summed E-state index contributed by atoms with van der Waals surface area (Å²) < 4.78 is 12.2. The summed E-state index contributed by atoms with van der Waals surface area (Å²) in [4.78, 5) is 0. The van der Waals surface area contributed by atoms with Gasteiger partial charge in [-0.05, 0) is 70.0 Å². The molecule has 1 aromatic carbocycles. The summed E-state index contributed by atoms with van der Waals surface area (Å²) in [5.74, 6) is 0. The second kappa shape index (κ2) is 4.36. The van der Waals surface area contributed by atoms with Crippen molar-refractivity contribution in [1.29, 1.82) is 0 Å². The Morgan fingerprint density at radius 3 is 2.11 bits per heavy atom. The van der Waals surface area contributed by atoms with Gasteiger partial charge in [-0.2, -0.15) is 0 Å². The molecule has 0 aromatic heterocycles. The van der Waals surface area contributed by atoms with Gasteiger partial charge in [-0.3, -0.25) is 0 Å². The average Bonchev–Trinajstić information content (AvgIpc) is 2.58. The quantitative estimate of drug-likeness (QED) is 0.721. The predicted molar refractivity (Wildman–Crippen MR) is 78.8 cm³/mol. The van der Waals surface area contributed by atoms with Crippen molar-refractivity contribution in [3.63, 3.8) is 0 Å². The van der Waals surface area contributed by atoms with Crippen molar-refractivity contribution >= 4 is 12.6 Å². The molecule has 1 aliphatic carbocycles. The fourth-order valence-corrected chi connectivity index (χ4v) is 2.88. The molecule has 1 heterocycles. The zero-order valence-electron chi connectivity index (χ0n) is 12.5. The summed E-state index contributed by atoms with van der Waals surface area (Å²) in [5.41, 5.74) is 3.64. The molecule has 0 N–H and O–H groups in total. The van der Waals surface area contributed by atoms with Crippen molar-refractivity contribution < 1.29 is 9.31 Å². The van der Waals surface area contributed by atoms with E-state index < -0.39 is 0 Å². The van der Waals surface area contributed by atoms with Crippen LogP contribution in [0.25, 0.3) is 0 Å². The molecule has 1 saturated heterocycles. The van der Waals surface area contributed by atoms with Crippen LogP contribution in [0.4, 0.5) is 0 Å². The van der Waals surface area contributed by atoms with Crippen LogP contribution >= 0.6 is 0 Å². The smallest absolute Gasteiger partial charge is 0.399 e. The van der Waals surface area contributed by atoms with E-state index in [1.807, 2.05) is 0 Å². The van der Waals surface area contributed by atoms with E-state index in [0.29, 0.717) is 0 Å². The van der Waals surface area contributed by atoms with Crippen molar-refractivity contribution in [3.05, 3.63) is 29.3 Å². The van der Waals surface area contributed by atoms with E-state index in [2.05, 4.69) is 45.9 Å². The Morgan fingerprint density at radius 1 is 0.895 bits per heavy atom. The molecule has 1 fully saturated rings. The molecule has 2 aliphatic rings. The van der Waals surface area contributed by atoms with E-state index in [0.717, 1.165) is 0 Å². The van der Waals surface area contributed by atoms with E-state index in [1.165, 1.54) is 42.3 Å². The molecular weight excluding hydrogens is 235 g/mol. The molecule has 102 valence electrons. The van der Waals surface area contributed by atoms with Gasteiger partial charge < -0.3 is 9.31 Å². The minimum Gasteiger partial charge on any atom is -0.399 e. The fourth-order valence-electron chi connectivity index (χ4n) is 2.88. The lowest BCUT2D eigenvalue weighted by Gasteiger charge is -2.32. The third-order valence-electron chi connectivity index (χ3n) is 4.90. The van der Waals surface area contributed by atoms with Crippen molar-refractivity contribution in [2.75, 3.05) is 0 Å². The van der Waals surface area contributed by atoms with Gasteiger partial charge in [0.15, 0.2) is 0 Å². The topological polar surface area (TPSA) is 18.5 Å². The summed E-state index contributed by atoms with van der Waals surface area (Å²) in [5, 5.41) is 0.